The molecule has 0 bridgehead atoms. The largest absolute Gasteiger partial charge is 0.464 e. The number of hydrogen-bond acceptors (Lipinski definition) is 8. The molecule has 0 radical (unpaired) electrons. The third-order valence-corrected chi connectivity index (χ3v) is 5.53. The van der Waals surface area contributed by atoms with E-state index in [1.807, 2.05) is 4.90 Å². The topological polar surface area (TPSA) is 135 Å². The molecule has 3 aromatic heterocycles. The van der Waals surface area contributed by atoms with Crippen LogP contribution in [0.1, 0.15) is 16.8 Å². The summed E-state index contributed by atoms with van der Waals surface area (Å²) in [5.74, 6) is 0.501. The minimum atomic E-state index is -0.549. The number of fused-ring (bicyclic) bond motifs is 2. The lowest BCUT2D eigenvalue weighted by atomic mass is 10.1. The van der Waals surface area contributed by atoms with Gasteiger partial charge in [-0.25, -0.2) is 4.98 Å². The molecular weight excluding hydrogens is 414 g/mol. The van der Waals surface area contributed by atoms with Gasteiger partial charge in [0, 0.05) is 61.7 Å². The second kappa shape index (κ2) is 7.82. The quantitative estimate of drug-likeness (QED) is 0.384. The van der Waals surface area contributed by atoms with Crippen LogP contribution < -0.4 is 11.0 Å². The van der Waals surface area contributed by atoms with Gasteiger partial charge in [0.05, 0.1) is 27.8 Å². The number of hydrogen-bond donors (Lipinski definition) is 1. The van der Waals surface area contributed by atoms with Crippen LogP contribution in [-0.2, 0) is 19.5 Å². The highest BCUT2D eigenvalue weighted by Gasteiger charge is 2.23. The standard InChI is InChI=1S/C22H17N5O5/c28-20-14(12-32-19-2-1-15(27(30)31)9-16(19)20)10-26-8-5-18-17(11-26)22(29)25-21(24-18)13-3-6-23-7-4-13/h1-4,6-7,9,12H,5,8,10-11H2,(H,24,25,29). The molecule has 1 aliphatic rings. The Kier molecular flexibility index (Phi) is 4.83. The van der Waals surface area contributed by atoms with Gasteiger partial charge >= 0.3 is 0 Å². The molecule has 160 valence electrons. The van der Waals surface area contributed by atoms with Crippen LogP contribution >= 0.6 is 0 Å². The first-order valence-corrected chi connectivity index (χ1v) is 9.93. The van der Waals surface area contributed by atoms with Crippen molar-refractivity contribution in [2.45, 2.75) is 19.5 Å². The molecule has 4 heterocycles. The van der Waals surface area contributed by atoms with Gasteiger partial charge in [-0.3, -0.25) is 29.6 Å². The monoisotopic (exact) mass is 431 g/mol. The van der Waals surface area contributed by atoms with E-state index in [2.05, 4.69) is 15.0 Å². The molecule has 0 atom stereocenters. The van der Waals surface area contributed by atoms with Crippen molar-refractivity contribution < 1.29 is 9.34 Å². The van der Waals surface area contributed by atoms with Gasteiger partial charge in [0.25, 0.3) is 11.2 Å². The van der Waals surface area contributed by atoms with Gasteiger partial charge in [0.15, 0.2) is 5.43 Å². The maximum Gasteiger partial charge on any atom is 0.270 e. The number of nitrogens with one attached hydrogen (secondary N) is 1. The third kappa shape index (κ3) is 3.56. The molecule has 1 aliphatic heterocycles. The number of rotatable bonds is 4. The summed E-state index contributed by atoms with van der Waals surface area (Å²) in [6.07, 6.45) is 5.21. The van der Waals surface area contributed by atoms with Gasteiger partial charge in [0.2, 0.25) is 0 Å². The van der Waals surface area contributed by atoms with Crippen molar-refractivity contribution in [1.82, 2.24) is 19.9 Å². The van der Waals surface area contributed by atoms with Crippen molar-refractivity contribution in [2.24, 2.45) is 0 Å². The lowest BCUT2D eigenvalue weighted by Crippen LogP contribution is -2.36. The molecule has 0 spiro atoms. The molecule has 0 saturated heterocycles. The van der Waals surface area contributed by atoms with Crippen LogP contribution in [0.25, 0.3) is 22.4 Å². The maximum atomic E-state index is 12.9. The van der Waals surface area contributed by atoms with Gasteiger partial charge < -0.3 is 9.40 Å². The Morgan fingerprint density at radius 2 is 2.00 bits per heavy atom. The molecule has 10 nitrogen and oxygen atoms in total. The highest BCUT2D eigenvalue weighted by atomic mass is 16.6. The molecule has 0 aliphatic carbocycles. The van der Waals surface area contributed by atoms with Crippen LogP contribution in [0, 0.1) is 10.1 Å². The molecule has 5 rings (SSSR count). The van der Waals surface area contributed by atoms with E-state index >= 15 is 0 Å². The Labute approximate surface area is 180 Å². The highest BCUT2D eigenvalue weighted by molar-refractivity contribution is 5.79. The molecular formula is C22H17N5O5. The van der Waals surface area contributed by atoms with Crippen molar-refractivity contribution in [3.8, 4) is 11.4 Å². The van der Waals surface area contributed by atoms with E-state index < -0.39 is 4.92 Å². The van der Waals surface area contributed by atoms with Crippen molar-refractivity contribution in [1.29, 1.82) is 0 Å². The van der Waals surface area contributed by atoms with E-state index in [0.717, 1.165) is 11.3 Å². The normalized spacial score (nSPS) is 13.8. The molecule has 1 aromatic carbocycles. The van der Waals surface area contributed by atoms with Crippen LogP contribution in [0.15, 0.2) is 63.0 Å². The summed E-state index contributed by atoms with van der Waals surface area (Å²) in [6, 6.07) is 7.51. The Balaban J connectivity index is 1.43. The van der Waals surface area contributed by atoms with Gasteiger partial charge in [-0.05, 0) is 18.2 Å². The summed E-state index contributed by atoms with van der Waals surface area (Å²) < 4.78 is 5.52. The highest BCUT2D eigenvalue weighted by Crippen LogP contribution is 2.21. The summed E-state index contributed by atoms with van der Waals surface area (Å²) in [5.41, 5.74) is 2.04. The average Bonchev–Trinajstić information content (AvgIpc) is 2.81. The van der Waals surface area contributed by atoms with Gasteiger partial charge in [-0.1, -0.05) is 0 Å². The number of nitro groups is 1. The number of aromatic nitrogens is 3. The number of aromatic amines is 1. The zero-order valence-corrected chi connectivity index (χ0v) is 16.8. The van der Waals surface area contributed by atoms with Crippen molar-refractivity contribution in [3.63, 3.8) is 0 Å². The lowest BCUT2D eigenvalue weighted by molar-refractivity contribution is -0.384. The smallest absolute Gasteiger partial charge is 0.270 e. The maximum absolute atomic E-state index is 12.9. The van der Waals surface area contributed by atoms with E-state index in [1.165, 1.54) is 24.5 Å². The fourth-order valence-electron chi connectivity index (χ4n) is 3.89. The van der Waals surface area contributed by atoms with Crippen LogP contribution in [0.3, 0.4) is 0 Å². The van der Waals surface area contributed by atoms with Crippen LogP contribution in [0.4, 0.5) is 5.69 Å². The number of pyridine rings is 1. The minimum absolute atomic E-state index is 0.163. The van der Waals surface area contributed by atoms with Gasteiger partial charge in [0.1, 0.15) is 11.4 Å². The van der Waals surface area contributed by atoms with Crippen LogP contribution in [0.5, 0.6) is 0 Å². The summed E-state index contributed by atoms with van der Waals surface area (Å²) in [6.45, 7) is 1.19. The van der Waals surface area contributed by atoms with E-state index in [9.17, 15) is 19.7 Å². The molecule has 32 heavy (non-hydrogen) atoms. The summed E-state index contributed by atoms with van der Waals surface area (Å²) in [4.78, 5) is 49.5. The molecule has 1 N–H and O–H groups in total. The molecule has 10 heteroatoms. The molecule has 4 aromatic rings. The Hall–Kier alpha value is -4.18. The minimum Gasteiger partial charge on any atom is -0.464 e. The number of H-pyrrole nitrogens is 1. The van der Waals surface area contributed by atoms with E-state index in [1.54, 1.807) is 24.5 Å². The number of nitro benzene ring substituents is 1. The second-order valence-electron chi connectivity index (χ2n) is 7.56. The molecule has 0 fully saturated rings. The predicted molar refractivity (Wildman–Crippen MR) is 115 cm³/mol. The first-order valence-electron chi connectivity index (χ1n) is 9.93. The molecule has 0 unspecified atom stereocenters. The van der Waals surface area contributed by atoms with E-state index in [-0.39, 0.29) is 34.2 Å². The molecule has 0 amide bonds. The SMILES string of the molecule is O=c1[nH]c(-c2ccncc2)nc2c1CN(Cc1coc3ccc([N+](=O)[O-])cc3c1=O)CC2. The number of non-ortho nitro benzene ring substituents is 1. The van der Waals surface area contributed by atoms with Gasteiger partial charge in [-0.2, -0.15) is 0 Å². The van der Waals surface area contributed by atoms with Crippen molar-refractivity contribution in [2.75, 3.05) is 6.54 Å². The Morgan fingerprint density at radius 3 is 2.78 bits per heavy atom. The van der Waals surface area contributed by atoms with Crippen molar-refractivity contribution >= 4 is 16.7 Å². The van der Waals surface area contributed by atoms with E-state index in [4.69, 9.17) is 4.42 Å². The van der Waals surface area contributed by atoms with Crippen LogP contribution in [-0.4, -0.2) is 31.3 Å². The second-order valence-corrected chi connectivity index (χ2v) is 7.56. The summed E-state index contributed by atoms with van der Waals surface area (Å²) in [7, 11) is 0. The Morgan fingerprint density at radius 1 is 1.19 bits per heavy atom. The predicted octanol–water partition coefficient (Wildman–Crippen LogP) is 2.40. The lowest BCUT2D eigenvalue weighted by Gasteiger charge is -2.27. The average molecular weight is 431 g/mol. The first kappa shape index (κ1) is 19.8. The number of nitrogens with zero attached hydrogens (tertiary/aromatic N) is 4. The van der Waals surface area contributed by atoms with Gasteiger partial charge in [-0.15, -0.1) is 0 Å². The zero-order valence-electron chi connectivity index (χ0n) is 16.8. The third-order valence-electron chi connectivity index (χ3n) is 5.53. The zero-order chi connectivity index (χ0) is 22.2. The summed E-state index contributed by atoms with van der Waals surface area (Å²) >= 11 is 0. The molecule has 0 saturated carbocycles. The number of benzene rings is 1. The fraction of sp³-hybridized carbons (Fsp3) is 0.182. The van der Waals surface area contributed by atoms with Crippen molar-refractivity contribution in [3.05, 3.63) is 96.5 Å². The Bertz CT molecular complexity index is 1460. The first-order chi connectivity index (χ1) is 15.5. The summed E-state index contributed by atoms with van der Waals surface area (Å²) in [5, 5.41) is 11.2. The van der Waals surface area contributed by atoms with E-state index in [0.29, 0.717) is 36.5 Å². The fourth-order valence-corrected chi connectivity index (χ4v) is 3.89. The van der Waals surface area contributed by atoms with Crippen LogP contribution in [0.2, 0.25) is 0 Å².